The molecule has 8 nitrogen and oxygen atoms in total. The van der Waals surface area contributed by atoms with Crippen molar-refractivity contribution in [3.63, 3.8) is 0 Å². The molecule has 1 amide bonds. The number of carbonyl (C=O) groups excluding carboxylic acids is 1. The molecule has 1 heterocycles. The summed E-state index contributed by atoms with van der Waals surface area (Å²) in [5.74, 6) is 1.52. The van der Waals surface area contributed by atoms with Crippen molar-refractivity contribution in [1.29, 1.82) is 0 Å². The molecule has 0 aromatic heterocycles. The SMILES string of the molecule is COc1ccc(S(=O)(=O)N2CCCC(C(=O)NCCc3cc(OC)ccc3OC)C2)cc1. The van der Waals surface area contributed by atoms with Gasteiger partial charge in [0.15, 0.2) is 0 Å². The van der Waals surface area contributed by atoms with Crippen molar-refractivity contribution >= 4 is 15.9 Å². The molecule has 0 saturated carbocycles. The van der Waals surface area contributed by atoms with Gasteiger partial charge in [-0.3, -0.25) is 4.79 Å². The van der Waals surface area contributed by atoms with Crippen molar-refractivity contribution in [2.75, 3.05) is 41.0 Å². The number of rotatable bonds is 9. The number of hydrogen-bond donors (Lipinski definition) is 1. The number of nitrogens with zero attached hydrogens (tertiary/aromatic N) is 1. The van der Waals surface area contributed by atoms with Gasteiger partial charge in [-0.05, 0) is 67.3 Å². The zero-order valence-electron chi connectivity index (χ0n) is 18.7. The second-order valence-corrected chi connectivity index (χ2v) is 9.53. The predicted molar refractivity (Wildman–Crippen MR) is 121 cm³/mol. The molecule has 1 N–H and O–H groups in total. The summed E-state index contributed by atoms with van der Waals surface area (Å²) in [4.78, 5) is 13.0. The Kier molecular flexibility index (Phi) is 7.98. The Balaban J connectivity index is 1.59. The van der Waals surface area contributed by atoms with Crippen LogP contribution in [0.1, 0.15) is 18.4 Å². The minimum atomic E-state index is -3.67. The van der Waals surface area contributed by atoms with Crippen LogP contribution in [-0.2, 0) is 21.2 Å². The third-order valence-corrected chi connectivity index (χ3v) is 7.51. The van der Waals surface area contributed by atoms with E-state index >= 15 is 0 Å². The van der Waals surface area contributed by atoms with Crippen molar-refractivity contribution in [2.24, 2.45) is 5.92 Å². The highest BCUT2D eigenvalue weighted by Gasteiger charge is 2.33. The summed E-state index contributed by atoms with van der Waals surface area (Å²) < 4.78 is 43.2. The van der Waals surface area contributed by atoms with Gasteiger partial charge in [0.05, 0.1) is 32.1 Å². The zero-order chi connectivity index (χ0) is 23.1. The average molecular weight is 463 g/mol. The topological polar surface area (TPSA) is 94.2 Å². The van der Waals surface area contributed by atoms with Crippen LogP contribution in [0, 0.1) is 5.92 Å². The van der Waals surface area contributed by atoms with Gasteiger partial charge in [-0.15, -0.1) is 0 Å². The molecule has 0 spiro atoms. The van der Waals surface area contributed by atoms with E-state index in [1.165, 1.54) is 23.5 Å². The van der Waals surface area contributed by atoms with Crippen molar-refractivity contribution in [3.05, 3.63) is 48.0 Å². The van der Waals surface area contributed by atoms with E-state index in [9.17, 15) is 13.2 Å². The van der Waals surface area contributed by atoms with Gasteiger partial charge in [0, 0.05) is 19.6 Å². The monoisotopic (exact) mass is 462 g/mol. The maximum atomic E-state index is 13.0. The van der Waals surface area contributed by atoms with E-state index in [-0.39, 0.29) is 23.3 Å². The van der Waals surface area contributed by atoms with Gasteiger partial charge in [0.2, 0.25) is 15.9 Å². The number of amides is 1. The Morgan fingerprint density at radius 3 is 2.38 bits per heavy atom. The number of ether oxygens (including phenoxy) is 3. The maximum Gasteiger partial charge on any atom is 0.243 e. The molecule has 1 saturated heterocycles. The molecule has 0 bridgehead atoms. The van der Waals surface area contributed by atoms with Crippen LogP contribution in [0.3, 0.4) is 0 Å². The molecule has 1 unspecified atom stereocenters. The zero-order valence-corrected chi connectivity index (χ0v) is 19.5. The number of benzene rings is 2. The fourth-order valence-electron chi connectivity index (χ4n) is 3.81. The molecule has 0 aliphatic carbocycles. The normalized spacial score (nSPS) is 16.9. The van der Waals surface area contributed by atoms with Crippen LogP contribution in [0.5, 0.6) is 17.2 Å². The van der Waals surface area contributed by atoms with Gasteiger partial charge in [0.1, 0.15) is 17.2 Å². The molecule has 32 heavy (non-hydrogen) atoms. The summed E-state index contributed by atoms with van der Waals surface area (Å²) in [5.41, 5.74) is 0.930. The van der Waals surface area contributed by atoms with Crippen molar-refractivity contribution in [1.82, 2.24) is 9.62 Å². The van der Waals surface area contributed by atoms with E-state index < -0.39 is 10.0 Å². The van der Waals surface area contributed by atoms with Crippen molar-refractivity contribution in [3.8, 4) is 17.2 Å². The summed E-state index contributed by atoms with van der Waals surface area (Å²) >= 11 is 0. The lowest BCUT2D eigenvalue weighted by Crippen LogP contribution is -2.45. The minimum Gasteiger partial charge on any atom is -0.497 e. The van der Waals surface area contributed by atoms with E-state index in [1.54, 1.807) is 26.4 Å². The summed E-state index contributed by atoms with van der Waals surface area (Å²) in [5, 5.41) is 2.94. The van der Waals surface area contributed by atoms with E-state index in [0.717, 1.165) is 17.1 Å². The molecule has 2 aromatic rings. The Hall–Kier alpha value is -2.78. The summed E-state index contributed by atoms with van der Waals surface area (Å²) in [6, 6.07) is 11.8. The molecule has 3 rings (SSSR count). The Labute approximate surface area is 189 Å². The molecule has 1 fully saturated rings. The van der Waals surface area contributed by atoms with Gasteiger partial charge < -0.3 is 19.5 Å². The maximum absolute atomic E-state index is 13.0. The highest BCUT2D eigenvalue weighted by atomic mass is 32.2. The van der Waals surface area contributed by atoms with Crippen molar-refractivity contribution in [2.45, 2.75) is 24.2 Å². The number of nitrogens with one attached hydrogen (secondary N) is 1. The Morgan fingerprint density at radius 2 is 1.72 bits per heavy atom. The van der Waals surface area contributed by atoms with Crippen LogP contribution in [0.2, 0.25) is 0 Å². The smallest absolute Gasteiger partial charge is 0.243 e. The van der Waals surface area contributed by atoms with E-state index in [1.807, 2.05) is 18.2 Å². The highest BCUT2D eigenvalue weighted by Crippen LogP contribution is 2.26. The fourth-order valence-corrected chi connectivity index (χ4v) is 5.34. The average Bonchev–Trinajstić information content (AvgIpc) is 2.83. The standard InChI is InChI=1S/C23H30N2O6S/c1-29-19-6-9-21(10-7-19)32(27,28)25-14-4-5-18(16-25)23(26)24-13-12-17-15-20(30-2)8-11-22(17)31-3/h6-11,15,18H,4-5,12-14,16H2,1-3H3,(H,24,26). The van der Waals surface area contributed by atoms with Gasteiger partial charge in [-0.1, -0.05) is 0 Å². The molecule has 174 valence electrons. The molecular weight excluding hydrogens is 432 g/mol. The van der Waals surface area contributed by atoms with E-state index in [2.05, 4.69) is 5.32 Å². The van der Waals surface area contributed by atoms with E-state index in [4.69, 9.17) is 14.2 Å². The van der Waals surface area contributed by atoms with E-state index in [0.29, 0.717) is 38.1 Å². The van der Waals surface area contributed by atoms with Gasteiger partial charge in [-0.2, -0.15) is 4.31 Å². The quantitative estimate of drug-likeness (QED) is 0.615. The molecule has 1 aliphatic rings. The molecule has 2 aromatic carbocycles. The summed E-state index contributed by atoms with van der Waals surface area (Å²) in [7, 11) is 1.06. The number of sulfonamides is 1. The number of carbonyl (C=O) groups is 1. The van der Waals surface area contributed by atoms with Crippen LogP contribution >= 0.6 is 0 Å². The third kappa shape index (κ3) is 5.52. The lowest BCUT2D eigenvalue weighted by molar-refractivity contribution is -0.126. The summed E-state index contributed by atoms with van der Waals surface area (Å²) in [6.45, 7) is 0.992. The first kappa shape index (κ1) is 23.9. The molecular formula is C23H30N2O6S. The second kappa shape index (κ2) is 10.7. The molecule has 9 heteroatoms. The first-order valence-electron chi connectivity index (χ1n) is 10.5. The third-order valence-electron chi connectivity index (χ3n) is 5.63. The Morgan fingerprint density at radius 1 is 1.03 bits per heavy atom. The van der Waals surface area contributed by atoms with Gasteiger partial charge in [0.25, 0.3) is 0 Å². The van der Waals surface area contributed by atoms with Gasteiger partial charge in [-0.25, -0.2) is 8.42 Å². The van der Waals surface area contributed by atoms with Crippen LogP contribution in [-0.4, -0.2) is 59.6 Å². The highest BCUT2D eigenvalue weighted by molar-refractivity contribution is 7.89. The predicted octanol–water partition coefficient (Wildman–Crippen LogP) is 2.47. The second-order valence-electron chi connectivity index (χ2n) is 7.60. The Bertz CT molecular complexity index is 1020. The number of methoxy groups -OCH3 is 3. The van der Waals surface area contributed by atoms with Gasteiger partial charge >= 0.3 is 0 Å². The lowest BCUT2D eigenvalue weighted by Gasteiger charge is -2.31. The van der Waals surface area contributed by atoms with Crippen LogP contribution in [0.25, 0.3) is 0 Å². The van der Waals surface area contributed by atoms with Crippen LogP contribution < -0.4 is 19.5 Å². The number of piperidine rings is 1. The summed E-state index contributed by atoms with van der Waals surface area (Å²) in [6.07, 6.45) is 1.87. The lowest BCUT2D eigenvalue weighted by atomic mass is 9.98. The van der Waals surface area contributed by atoms with Crippen molar-refractivity contribution < 1.29 is 27.4 Å². The molecule has 0 radical (unpaired) electrons. The first-order valence-corrected chi connectivity index (χ1v) is 12.0. The molecule has 1 aliphatic heterocycles. The number of hydrogen-bond acceptors (Lipinski definition) is 6. The largest absolute Gasteiger partial charge is 0.497 e. The minimum absolute atomic E-state index is 0.138. The first-order chi connectivity index (χ1) is 15.4. The van der Waals surface area contributed by atoms with Crippen LogP contribution in [0.4, 0.5) is 0 Å². The fraction of sp³-hybridized carbons (Fsp3) is 0.435. The van der Waals surface area contributed by atoms with Crippen LogP contribution in [0.15, 0.2) is 47.4 Å². The molecule has 1 atom stereocenters.